The second-order valence-electron chi connectivity index (χ2n) is 6.66. The summed E-state index contributed by atoms with van der Waals surface area (Å²) in [5, 5.41) is 10.1. The molecule has 2 rings (SSSR count). The SMILES string of the molecule is COCCN1CCC[C@H](NC(=O)N[C@H](C)Cc2c(C)noc2C)C1. The van der Waals surface area contributed by atoms with Crippen LogP contribution in [-0.4, -0.2) is 61.5 Å². The first-order chi connectivity index (χ1) is 11.5. The average Bonchev–Trinajstić information content (AvgIpc) is 2.85. The number of aromatic nitrogens is 1. The Labute approximate surface area is 144 Å². The molecular formula is C17H30N4O3. The van der Waals surface area contributed by atoms with Gasteiger partial charge in [-0.2, -0.15) is 0 Å². The summed E-state index contributed by atoms with van der Waals surface area (Å²) in [6.07, 6.45) is 2.84. The van der Waals surface area contributed by atoms with Crippen LogP contribution in [0.5, 0.6) is 0 Å². The van der Waals surface area contributed by atoms with Crippen molar-refractivity contribution in [3.05, 3.63) is 17.0 Å². The zero-order chi connectivity index (χ0) is 17.5. The van der Waals surface area contributed by atoms with Crippen molar-refractivity contribution in [2.24, 2.45) is 0 Å². The number of ether oxygens (including phenoxy) is 1. The molecule has 0 bridgehead atoms. The van der Waals surface area contributed by atoms with E-state index >= 15 is 0 Å². The van der Waals surface area contributed by atoms with E-state index < -0.39 is 0 Å². The van der Waals surface area contributed by atoms with Gasteiger partial charge in [0.1, 0.15) is 5.76 Å². The van der Waals surface area contributed by atoms with Crippen LogP contribution in [0.4, 0.5) is 4.79 Å². The van der Waals surface area contributed by atoms with Crippen molar-refractivity contribution in [1.29, 1.82) is 0 Å². The fraction of sp³-hybridized carbons (Fsp3) is 0.765. The van der Waals surface area contributed by atoms with Gasteiger partial charge >= 0.3 is 6.03 Å². The Kier molecular flexibility index (Phi) is 7.05. The smallest absolute Gasteiger partial charge is 0.315 e. The topological polar surface area (TPSA) is 79.6 Å². The van der Waals surface area contributed by atoms with Crippen molar-refractivity contribution in [3.8, 4) is 0 Å². The molecule has 2 atom stereocenters. The van der Waals surface area contributed by atoms with Gasteiger partial charge in [-0.15, -0.1) is 0 Å². The van der Waals surface area contributed by atoms with Gasteiger partial charge in [-0.05, 0) is 46.6 Å². The largest absolute Gasteiger partial charge is 0.383 e. The predicted molar refractivity (Wildman–Crippen MR) is 92.1 cm³/mol. The minimum atomic E-state index is -0.104. The van der Waals surface area contributed by atoms with Crippen LogP contribution in [0.25, 0.3) is 0 Å². The molecule has 0 radical (unpaired) electrons. The summed E-state index contributed by atoms with van der Waals surface area (Å²) in [4.78, 5) is 14.6. The third kappa shape index (κ3) is 5.49. The van der Waals surface area contributed by atoms with Gasteiger partial charge in [-0.1, -0.05) is 5.16 Å². The first kappa shape index (κ1) is 18.7. The molecule has 0 spiro atoms. The van der Waals surface area contributed by atoms with Crippen molar-refractivity contribution in [2.45, 2.75) is 52.1 Å². The summed E-state index contributed by atoms with van der Waals surface area (Å²) in [6.45, 7) is 9.43. The summed E-state index contributed by atoms with van der Waals surface area (Å²) in [6, 6.07) is 0.115. The van der Waals surface area contributed by atoms with Gasteiger partial charge < -0.3 is 19.9 Å². The number of rotatable bonds is 7. The van der Waals surface area contributed by atoms with Gasteiger partial charge in [0.05, 0.1) is 12.3 Å². The monoisotopic (exact) mass is 338 g/mol. The molecule has 1 aromatic heterocycles. The maximum Gasteiger partial charge on any atom is 0.315 e. The van der Waals surface area contributed by atoms with E-state index in [0.717, 1.165) is 62.5 Å². The van der Waals surface area contributed by atoms with Crippen LogP contribution in [0.2, 0.25) is 0 Å². The summed E-state index contributed by atoms with van der Waals surface area (Å²) in [7, 11) is 1.72. The number of nitrogens with one attached hydrogen (secondary N) is 2. The summed E-state index contributed by atoms with van der Waals surface area (Å²) in [5.41, 5.74) is 1.97. The lowest BCUT2D eigenvalue weighted by atomic mass is 10.1. The van der Waals surface area contributed by atoms with Gasteiger partial charge in [-0.25, -0.2) is 4.79 Å². The van der Waals surface area contributed by atoms with Crippen LogP contribution in [-0.2, 0) is 11.2 Å². The van der Waals surface area contributed by atoms with Gasteiger partial charge in [-0.3, -0.25) is 4.90 Å². The van der Waals surface area contributed by atoms with Gasteiger partial charge in [0.2, 0.25) is 0 Å². The summed E-state index contributed by atoms with van der Waals surface area (Å²) >= 11 is 0. The molecule has 1 fully saturated rings. The van der Waals surface area contributed by atoms with Crippen LogP contribution < -0.4 is 10.6 Å². The predicted octanol–water partition coefficient (Wildman–Crippen LogP) is 1.63. The normalized spacial score (nSPS) is 19.9. The van der Waals surface area contributed by atoms with E-state index in [4.69, 9.17) is 9.26 Å². The molecule has 2 N–H and O–H groups in total. The van der Waals surface area contributed by atoms with Crippen molar-refractivity contribution in [1.82, 2.24) is 20.7 Å². The molecule has 0 aliphatic carbocycles. The quantitative estimate of drug-likeness (QED) is 0.790. The Morgan fingerprint density at radius 1 is 1.50 bits per heavy atom. The van der Waals surface area contributed by atoms with Crippen LogP contribution >= 0.6 is 0 Å². The number of hydrogen-bond donors (Lipinski definition) is 2. The minimum Gasteiger partial charge on any atom is -0.383 e. The molecule has 2 amide bonds. The molecule has 7 heteroatoms. The third-order valence-electron chi connectivity index (χ3n) is 4.52. The van der Waals surface area contributed by atoms with E-state index in [-0.39, 0.29) is 18.1 Å². The highest BCUT2D eigenvalue weighted by Gasteiger charge is 2.22. The molecule has 1 aromatic rings. The number of carbonyl (C=O) groups is 1. The van der Waals surface area contributed by atoms with Crippen LogP contribution in [0.15, 0.2) is 4.52 Å². The molecular weight excluding hydrogens is 308 g/mol. The van der Waals surface area contributed by atoms with Crippen molar-refractivity contribution >= 4 is 6.03 Å². The molecule has 136 valence electrons. The molecule has 0 unspecified atom stereocenters. The number of nitrogens with zero attached hydrogens (tertiary/aromatic N) is 2. The first-order valence-electron chi connectivity index (χ1n) is 8.69. The zero-order valence-corrected chi connectivity index (χ0v) is 15.2. The number of carbonyl (C=O) groups excluding carboxylic acids is 1. The van der Waals surface area contributed by atoms with E-state index in [9.17, 15) is 4.79 Å². The van der Waals surface area contributed by atoms with Gasteiger partial charge in [0.15, 0.2) is 0 Å². The van der Waals surface area contributed by atoms with Crippen LogP contribution in [0.3, 0.4) is 0 Å². The van der Waals surface area contributed by atoms with Crippen LogP contribution in [0.1, 0.15) is 36.8 Å². The average molecular weight is 338 g/mol. The molecule has 2 heterocycles. The second kappa shape index (κ2) is 9.03. The van der Waals surface area contributed by atoms with Crippen molar-refractivity contribution in [2.75, 3.05) is 33.4 Å². The Hall–Kier alpha value is -1.60. The van der Waals surface area contributed by atoms with E-state index in [1.165, 1.54) is 0 Å². The number of aryl methyl sites for hydroxylation is 2. The Morgan fingerprint density at radius 2 is 2.29 bits per heavy atom. The number of likely N-dealkylation sites (tertiary alicyclic amines) is 1. The molecule has 0 aromatic carbocycles. The number of urea groups is 1. The summed E-state index contributed by atoms with van der Waals surface area (Å²) in [5.74, 6) is 0.822. The number of amides is 2. The maximum absolute atomic E-state index is 12.2. The lowest BCUT2D eigenvalue weighted by Gasteiger charge is -2.33. The fourth-order valence-corrected chi connectivity index (χ4v) is 3.20. The molecule has 1 saturated heterocycles. The standard InChI is InChI=1S/C17H30N4O3/c1-12(10-16-13(2)20-24-14(16)3)18-17(22)19-15-6-5-7-21(11-15)8-9-23-4/h12,15H,5-11H2,1-4H3,(H2,18,19,22)/t12-,15+/m1/s1. The van der Waals surface area contributed by atoms with Gasteiger partial charge in [0.25, 0.3) is 0 Å². The van der Waals surface area contributed by atoms with Gasteiger partial charge in [0, 0.05) is 37.8 Å². The fourth-order valence-electron chi connectivity index (χ4n) is 3.20. The molecule has 0 saturated carbocycles. The molecule has 24 heavy (non-hydrogen) atoms. The summed E-state index contributed by atoms with van der Waals surface area (Å²) < 4.78 is 10.3. The highest BCUT2D eigenvalue weighted by molar-refractivity contribution is 5.74. The van der Waals surface area contributed by atoms with Crippen LogP contribution in [0, 0.1) is 13.8 Å². The molecule has 1 aliphatic heterocycles. The maximum atomic E-state index is 12.2. The Bertz CT molecular complexity index is 512. The Balaban J connectivity index is 1.76. The Morgan fingerprint density at radius 3 is 2.96 bits per heavy atom. The minimum absolute atomic E-state index is 0.0231. The molecule has 1 aliphatic rings. The molecule has 7 nitrogen and oxygen atoms in total. The third-order valence-corrected chi connectivity index (χ3v) is 4.52. The van der Waals surface area contributed by atoms with Crippen molar-refractivity contribution < 1.29 is 14.1 Å². The lowest BCUT2D eigenvalue weighted by Crippen LogP contribution is -2.52. The number of methoxy groups -OCH3 is 1. The van der Waals surface area contributed by atoms with E-state index in [1.807, 2.05) is 20.8 Å². The first-order valence-corrected chi connectivity index (χ1v) is 8.69. The van der Waals surface area contributed by atoms with E-state index in [0.29, 0.717) is 0 Å². The number of hydrogen-bond acceptors (Lipinski definition) is 5. The van der Waals surface area contributed by atoms with E-state index in [2.05, 4.69) is 20.7 Å². The van der Waals surface area contributed by atoms with Crippen molar-refractivity contribution in [3.63, 3.8) is 0 Å². The second-order valence-corrected chi connectivity index (χ2v) is 6.66. The number of piperidine rings is 1. The zero-order valence-electron chi connectivity index (χ0n) is 15.2. The highest BCUT2D eigenvalue weighted by Crippen LogP contribution is 2.14. The van der Waals surface area contributed by atoms with E-state index in [1.54, 1.807) is 7.11 Å². The lowest BCUT2D eigenvalue weighted by molar-refractivity contribution is 0.123. The highest BCUT2D eigenvalue weighted by atomic mass is 16.5.